The van der Waals surface area contributed by atoms with Gasteiger partial charge in [-0.25, -0.2) is 4.98 Å². The number of allylic oxidation sites excluding steroid dienone is 1. The molecule has 0 unspecified atom stereocenters. The van der Waals surface area contributed by atoms with Crippen molar-refractivity contribution in [2.75, 3.05) is 39.1 Å². The lowest BCUT2D eigenvalue weighted by atomic mass is 10.3. The van der Waals surface area contributed by atoms with Crippen molar-refractivity contribution in [3.8, 4) is 0 Å². The topological polar surface area (TPSA) is 24.3 Å². The van der Waals surface area contributed by atoms with Gasteiger partial charge in [-0.1, -0.05) is 37.2 Å². The third-order valence-corrected chi connectivity index (χ3v) is 5.77. The van der Waals surface area contributed by atoms with Crippen LogP contribution in [-0.4, -0.2) is 48.7 Å². The van der Waals surface area contributed by atoms with Crippen LogP contribution in [0.3, 0.4) is 0 Å². The number of rotatable bonds is 9. The third-order valence-electron chi connectivity index (χ3n) is 4.61. The highest BCUT2D eigenvalue weighted by atomic mass is 32.2. The van der Waals surface area contributed by atoms with Crippen LogP contribution in [0.25, 0.3) is 5.03 Å². The van der Waals surface area contributed by atoms with E-state index >= 15 is 0 Å². The van der Waals surface area contributed by atoms with Gasteiger partial charge in [0, 0.05) is 31.5 Å². The maximum Gasteiger partial charge on any atom is 0.129 e. The summed E-state index contributed by atoms with van der Waals surface area (Å²) in [5.41, 5.74) is 3.74. The summed E-state index contributed by atoms with van der Waals surface area (Å²) in [6.07, 6.45) is 4.55. The van der Waals surface area contributed by atoms with Crippen LogP contribution in [0.5, 0.6) is 0 Å². The molecule has 148 valence electrons. The Morgan fingerprint density at radius 1 is 1.04 bits per heavy atom. The van der Waals surface area contributed by atoms with Gasteiger partial charge in [0.2, 0.25) is 0 Å². The maximum atomic E-state index is 4.98. The second-order valence-corrected chi connectivity index (χ2v) is 8.41. The lowest BCUT2D eigenvalue weighted by molar-refractivity contribution is 0.416. The Hall–Kier alpha value is -1.72. The summed E-state index contributed by atoms with van der Waals surface area (Å²) in [5, 5.41) is 2.33. The average molecular weight is 387 g/mol. The van der Waals surface area contributed by atoms with Gasteiger partial charge in [0.05, 0.1) is 5.03 Å². The molecule has 4 nitrogen and oxygen atoms in total. The van der Waals surface area contributed by atoms with Crippen LogP contribution in [0, 0.1) is 20.8 Å². The molecule has 0 atom stereocenters. The van der Waals surface area contributed by atoms with Crippen LogP contribution < -0.4 is 4.90 Å². The highest BCUT2D eigenvalue weighted by molar-refractivity contribution is 8.07. The Labute approximate surface area is 169 Å². The average Bonchev–Trinajstić information content (AvgIpc) is 2.96. The quantitative estimate of drug-likeness (QED) is 0.553. The number of aromatic nitrogens is 2. The first kappa shape index (κ1) is 21.6. The normalized spacial score (nSPS) is 12.1. The SMILES string of the molecule is CCC/C=C(/Sc1nc(N(C)CCN(C)C)ccc1C)n1c(C)ccc1C. The molecule has 27 heavy (non-hydrogen) atoms. The van der Waals surface area contributed by atoms with Crippen LogP contribution >= 0.6 is 11.8 Å². The van der Waals surface area contributed by atoms with Gasteiger partial charge in [0.25, 0.3) is 0 Å². The first-order chi connectivity index (χ1) is 12.8. The van der Waals surface area contributed by atoms with Crippen molar-refractivity contribution in [2.45, 2.75) is 45.6 Å². The van der Waals surface area contributed by atoms with Crippen LogP contribution in [-0.2, 0) is 0 Å². The van der Waals surface area contributed by atoms with Gasteiger partial charge in [-0.05, 0) is 65.0 Å². The van der Waals surface area contributed by atoms with Gasteiger partial charge in [-0.15, -0.1) is 0 Å². The molecule has 2 heterocycles. The van der Waals surface area contributed by atoms with E-state index in [2.05, 4.69) is 93.5 Å². The number of hydrogen-bond acceptors (Lipinski definition) is 4. The summed E-state index contributed by atoms with van der Waals surface area (Å²) in [6, 6.07) is 8.67. The fraction of sp³-hybridized carbons (Fsp3) is 0.500. The Balaban J connectivity index is 2.31. The van der Waals surface area contributed by atoms with Crippen molar-refractivity contribution in [1.29, 1.82) is 0 Å². The molecule has 5 heteroatoms. The van der Waals surface area contributed by atoms with Crippen molar-refractivity contribution >= 4 is 22.6 Å². The second-order valence-electron chi connectivity index (χ2n) is 7.40. The predicted molar refractivity (Wildman–Crippen MR) is 120 cm³/mol. The molecule has 2 aromatic heterocycles. The highest BCUT2D eigenvalue weighted by Crippen LogP contribution is 2.34. The first-order valence-corrected chi connectivity index (χ1v) is 10.5. The molecule has 0 aliphatic rings. The summed E-state index contributed by atoms with van der Waals surface area (Å²) >= 11 is 1.77. The van der Waals surface area contributed by atoms with Gasteiger partial charge < -0.3 is 14.4 Å². The molecule has 0 spiro atoms. The molecule has 0 aromatic carbocycles. The number of thioether (sulfide) groups is 1. The largest absolute Gasteiger partial charge is 0.358 e. The molecular formula is C22H34N4S. The second kappa shape index (κ2) is 10.00. The van der Waals surface area contributed by atoms with E-state index in [4.69, 9.17) is 4.98 Å². The number of pyridine rings is 1. The molecule has 0 aliphatic carbocycles. The zero-order valence-corrected chi connectivity index (χ0v) is 18.7. The molecule has 0 radical (unpaired) electrons. The van der Waals surface area contributed by atoms with Crippen LogP contribution in [0.15, 0.2) is 35.4 Å². The number of likely N-dealkylation sites (N-methyl/N-ethyl adjacent to an activating group) is 2. The minimum atomic E-state index is 0.960. The van der Waals surface area contributed by atoms with Gasteiger partial charge >= 0.3 is 0 Å². The highest BCUT2D eigenvalue weighted by Gasteiger charge is 2.13. The van der Waals surface area contributed by atoms with Crippen molar-refractivity contribution < 1.29 is 0 Å². The first-order valence-electron chi connectivity index (χ1n) is 9.70. The predicted octanol–water partition coefficient (Wildman–Crippen LogP) is 5.20. The smallest absolute Gasteiger partial charge is 0.129 e. The minimum Gasteiger partial charge on any atom is -0.358 e. The monoisotopic (exact) mass is 386 g/mol. The lowest BCUT2D eigenvalue weighted by Crippen LogP contribution is -2.29. The summed E-state index contributed by atoms with van der Waals surface area (Å²) in [5.74, 6) is 1.03. The fourth-order valence-electron chi connectivity index (χ4n) is 2.84. The minimum absolute atomic E-state index is 0.960. The van der Waals surface area contributed by atoms with Crippen LogP contribution in [0.4, 0.5) is 5.82 Å². The number of nitrogens with zero attached hydrogens (tertiary/aromatic N) is 4. The number of aryl methyl sites for hydroxylation is 3. The van der Waals surface area contributed by atoms with E-state index in [0.717, 1.165) is 36.8 Å². The molecule has 0 saturated heterocycles. The van der Waals surface area contributed by atoms with E-state index in [-0.39, 0.29) is 0 Å². The summed E-state index contributed by atoms with van der Waals surface area (Å²) in [7, 11) is 6.32. The molecule has 0 bridgehead atoms. The van der Waals surface area contributed by atoms with E-state index in [1.54, 1.807) is 11.8 Å². The molecular weight excluding hydrogens is 352 g/mol. The van der Waals surface area contributed by atoms with Crippen molar-refractivity contribution in [1.82, 2.24) is 14.5 Å². The van der Waals surface area contributed by atoms with E-state index < -0.39 is 0 Å². The Morgan fingerprint density at radius 3 is 2.30 bits per heavy atom. The fourth-order valence-corrected chi connectivity index (χ4v) is 3.99. The lowest BCUT2D eigenvalue weighted by Gasteiger charge is -2.22. The number of hydrogen-bond donors (Lipinski definition) is 0. The molecule has 0 saturated carbocycles. The Kier molecular flexibility index (Phi) is 7.99. The van der Waals surface area contributed by atoms with Crippen LogP contribution in [0.2, 0.25) is 0 Å². The van der Waals surface area contributed by atoms with Crippen molar-refractivity contribution in [3.05, 3.63) is 47.3 Å². The van der Waals surface area contributed by atoms with E-state index in [1.807, 2.05) is 0 Å². The van der Waals surface area contributed by atoms with Gasteiger partial charge in [-0.2, -0.15) is 0 Å². The van der Waals surface area contributed by atoms with Crippen LogP contribution in [0.1, 0.15) is 36.7 Å². The van der Waals surface area contributed by atoms with Gasteiger partial charge in [0.15, 0.2) is 0 Å². The van der Waals surface area contributed by atoms with Gasteiger partial charge in [-0.3, -0.25) is 0 Å². The molecule has 0 N–H and O–H groups in total. The molecule has 2 aromatic rings. The van der Waals surface area contributed by atoms with E-state index in [9.17, 15) is 0 Å². The maximum absolute atomic E-state index is 4.98. The molecule has 0 amide bonds. The summed E-state index contributed by atoms with van der Waals surface area (Å²) in [4.78, 5) is 9.41. The third kappa shape index (κ3) is 5.88. The van der Waals surface area contributed by atoms with Crippen molar-refractivity contribution in [2.24, 2.45) is 0 Å². The number of unbranched alkanes of at least 4 members (excludes halogenated alkanes) is 1. The summed E-state index contributed by atoms with van der Waals surface area (Å²) < 4.78 is 2.34. The zero-order chi connectivity index (χ0) is 20.0. The van der Waals surface area contributed by atoms with E-state index in [0.29, 0.717) is 0 Å². The summed E-state index contributed by atoms with van der Waals surface area (Å²) in [6.45, 7) is 10.7. The van der Waals surface area contributed by atoms with E-state index in [1.165, 1.54) is 22.0 Å². The van der Waals surface area contributed by atoms with Crippen molar-refractivity contribution in [3.63, 3.8) is 0 Å². The van der Waals surface area contributed by atoms with Gasteiger partial charge in [0.1, 0.15) is 10.8 Å². The zero-order valence-electron chi connectivity index (χ0n) is 17.9. The Morgan fingerprint density at radius 2 is 1.70 bits per heavy atom. The number of anilines is 1. The molecule has 2 rings (SSSR count). The molecule has 0 fully saturated rings. The Bertz CT molecular complexity index is 757. The standard InChI is InChI=1S/C22H34N4S/c1-8-9-10-21(26-18(3)12-13-19(26)4)27-22-17(2)11-14-20(23-22)25(7)16-15-24(5)6/h10-14H,8-9,15-16H2,1-7H3/b21-10+. The molecule has 0 aliphatic heterocycles.